The molecule has 2 aromatic rings. The van der Waals surface area contributed by atoms with Crippen molar-refractivity contribution in [3.63, 3.8) is 0 Å². The van der Waals surface area contributed by atoms with Gasteiger partial charge >= 0.3 is 0 Å². The third-order valence-electron chi connectivity index (χ3n) is 3.44. The lowest BCUT2D eigenvalue weighted by molar-refractivity contribution is 0.410. The lowest BCUT2D eigenvalue weighted by atomic mass is 9.91. The van der Waals surface area contributed by atoms with Gasteiger partial charge in [-0.3, -0.25) is 0 Å². The molecule has 1 aromatic carbocycles. The van der Waals surface area contributed by atoms with Crippen LogP contribution in [0.2, 0.25) is 5.02 Å². The van der Waals surface area contributed by atoms with Crippen LogP contribution in [0, 0.1) is 0 Å². The van der Waals surface area contributed by atoms with Crippen LogP contribution in [-0.2, 0) is 0 Å². The van der Waals surface area contributed by atoms with Crippen molar-refractivity contribution >= 4 is 40.0 Å². The van der Waals surface area contributed by atoms with Gasteiger partial charge in [-0.15, -0.1) is 0 Å². The fourth-order valence-corrected chi connectivity index (χ4v) is 3.28. The van der Waals surface area contributed by atoms with Gasteiger partial charge in [0.05, 0.1) is 22.4 Å². The molecule has 1 aliphatic rings. The molecule has 0 spiro atoms. The topological polar surface area (TPSA) is 63.8 Å². The number of anilines is 1. The molecule has 6 heteroatoms. The summed E-state index contributed by atoms with van der Waals surface area (Å²) in [6, 6.07) is 4.45. The quantitative estimate of drug-likeness (QED) is 0.889. The van der Waals surface area contributed by atoms with Gasteiger partial charge in [0.1, 0.15) is 11.0 Å². The average Bonchev–Trinajstić information content (AvgIpc) is 2.81. The molecule has 0 amide bonds. The molecule has 1 heterocycles. The standard InChI is InChI=1S/C12H15ClN4S/c13-9-4-5-10-12(17-18-16-10)11(9)15-8-3-1-2-7(14)6-8/h4-5,7-8,15H,1-3,6,14H2. The zero-order chi connectivity index (χ0) is 12.5. The summed E-state index contributed by atoms with van der Waals surface area (Å²) in [6.07, 6.45) is 4.42. The number of hydrogen-bond donors (Lipinski definition) is 2. The molecule has 0 saturated heterocycles. The molecule has 96 valence electrons. The van der Waals surface area contributed by atoms with Crippen LogP contribution in [0.4, 0.5) is 5.69 Å². The van der Waals surface area contributed by atoms with Gasteiger partial charge in [-0.1, -0.05) is 11.6 Å². The molecular weight excluding hydrogens is 268 g/mol. The van der Waals surface area contributed by atoms with Gasteiger partial charge in [-0.2, -0.15) is 8.75 Å². The van der Waals surface area contributed by atoms with E-state index in [4.69, 9.17) is 17.3 Å². The molecule has 1 aliphatic carbocycles. The Balaban J connectivity index is 1.89. The summed E-state index contributed by atoms with van der Waals surface area (Å²) in [5.74, 6) is 0. The minimum absolute atomic E-state index is 0.294. The van der Waals surface area contributed by atoms with Gasteiger partial charge < -0.3 is 11.1 Å². The molecule has 1 saturated carbocycles. The summed E-state index contributed by atoms with van der Waals surface area (Å²) in [4.78, 5) is 0. The summed E-state index contributed by atoms with van der Waals surface area (Å²) >= 11 is 7.47. The second-order valence-corrected chi connectivity index (χ2v) is 5.76. The number of benzene rings is 1. The van der Waals surface area contributed by atoms with Gasteiger partial charge in [0, 0.05) is 12.1 Å². The number of aromatic nitrogens is 2. The normalized spacial score (nSPS) is 24.3. The van der Waals surface area contributed by atoms with Crippen molar-refractivity contribution in [2.75, 3.05) is 5.32 Å². The van der Waals surface area contributed by atoms with Gasteiger partial charge in [-0.25, -0.2) is 0 Å². The number of nitrogens with one attached hydrogen (secondary N) is 1. The third kappa shape index (κ3) is 2.30. The van der Waals surface area contributed by atoms with Gasteiger partial charge in [-0.05, 0) is 37.8 Å². The van der Waals surface area contributed by atoms with Crippen molar-refractivity contribution in [1.82, 2.24) is 8.75 Å². The Kier molecular flexibility index (Phi) is 3.37. The van der Waals surface area contributed by atoms with Crippen LogP contribution in [0.1, 0.15) is 25.7 Å². The molecule has 2 unspecified atom stereocenters. The van der Waals surface area contributed by atoms with Crippen molar-refractivity contribution < 1.29 is 0 Å². The highest BCUT2D eigenvalue weighted by molar-refractivity contribution is 7.00. The Bertz CT molecular complexity index is 556. The number of halogens is 1. The first-order chi connectivity index (χ1) is 8.74. The number of hydrogen-bond acceptors (Lipinski definition) is 5. The molecule has 3 rings (SSSR count). The molecule has 1 aromatic heterocycles. The smallest absolute Gasteiger partial charge is 0.129 e. The average molecular weight is 283 g/mol. The largest absolute Gasteiger partial charge is 0.379 e. The maximum Gasteiger partial charge on any atom is 0.129 e. The summed E-state index contributed by atoms with van der Waals surface area (Å²) in [7, 11) is 0. The molecule has 4 nitrogen and oxygen atoms in total. The van der Waals surface area contributed by atoms with Crippen LogP contribution in [0.25, 0.3) is 11.0 Å². The first-order valence-corrected chi connectivity index (χ1v) is 7.28. The zero-order valence-corrected chi connectivity index (χ0v) is 11.5. The number of rotatable bonds is 2. The van der Waals surface area contributed by atoms with E-state index in [2.05, 4.69) is 14.1 Å². The Labute approximate surface area is 115 Å². The fourth-order valence-electron chi connectivity index (χ4n) is 2.53. The van der Waals surface area contributed by atoms with E-state index in [1.165, 1.54) is 18.1 Å². The minimum atomic E-state index is 0.294. The van der Waals surface area contributed by atoms with Crippen molar-refractivity contribution in [2.24, 2.45) is 5.73 Å². The number of nitrogens with zero attached hydrogens (tertiary/aromatic N) is 2. The lowest BCUT2D eigenvalue weighted by Crippen LogP contribution is -2.35. The summed E-state index contributed by atoms with van der Waals surface area (Å²) in [6.45, 7) is 0. The second-order valence-electron chi connectivity index (χ2n) is 4.82. The van der Waals surface area contributed by atoms with Crippen LogP contribution in [0.15, 0.2) is 12.1 Å². The summed E-state index contributed by atoms with van der Waals surface area (Å²) in [5.41, 5.74) is 8.68. The van der Waals surface area contributed by atoms with E-state index in [1.54, 1.807) is 0 Å². The molecule has 0 bridgehead atoms. The Hall–Kier alpha value is -0.910. The second kappa shape index (κ2) is 4.99. The molecular formula is C12H15ClN4S. The van der Waals surface area contributed by atoms with E-state index in [-0.39, 0.29) is 0 Å². The van der Waals surface area contributed by atoms with E-state index in [0.717, 1.165) is 36.0 Å². The van der Waals surface area contributed by atoms with E-state index < -0.39 is 0 Å². The summed E-state index contributed by atoms with van der Waals surface area (Å²) < 4.78 is 8.55. The van der Waals surface area contributed by atoms with E-state index >= 15 is 0 Å². The van der Waals surface area contributed by atoms with Gasteiger partial charge in [0.25, 0.3) is 0 Å². The first kappa shape index (κ1) is 12.1. The molecule has 1 fully saturated rings. The first-order valence-electron chi connectivity index (χ1n) is 6.17. The molecule has 0 aliphatic heterocycles. The minimum Gasteiger partial charge on any atom is -0.379 e. The predicted octanol–water partition coefficient (Wildman–Crippen LogP) is 3.03. The summed E-state index contributed by atoms with van der Waals surface area (Å²) in [5, 5.41) is 4.20. The maximum atomic E-state index is 6.26. The van der Waals surface area contributed by atoms with E-state index in [0.29, 0.717) is 17.1 Å². The highest BCUT2D eigenvalue weighted by Crippen LogP contribution is 2.32. The van der Waals surface area contributed by atoms with E-state index in [1.807, 2.05) is 12.1 Å². The highest BCUT2D eigenvalue weighted by Gasteiger charge is 2.21. The Morgan fingerprint density at radius 3 is 3.06 bits per heavy atom. The van der Waals surface area contributed by atoms with E-state index in [9.17, 15) is 0 Å². The fraction of sp³-hybridized carbons (Fsp3) is 0.500. The van der Waals surface area contributed by atoms with Crippen molar-refractivity contribution in [1.29, 1.82) is 0 Å². The predicted molar refractivity (Wildman–Crippen MR) is 76.3 cm³/mol. The van der Waals surface area contributed by atoms with Gasteiger partial charge in [0.2, 0.25) is 0 Å². The Morgan fingerprint density at radius 2 is 2.22 bits per heavy atom. The third-order valence-corrected chi connectivity index (χ3v) is 4.30. The van der Waals surface area contributed by atoms with Crippen molar-refractivity contribution in [3.05, 3.63) is 17.2 Å². The van der Waals surface area contributed by atoms with Crippen LogP contribution in [0.3, 0.4) is 0 Å². The van der Waals surface area contributed by atoms with Crippen LogP contribution >= 0.6 is 23.3 Å². The molecule has 2 atom stereocenters. The van der Waals surface area contributed by atoms with Crippen LogP contribution < -0.4 is 11.1 Å². The molecule has 3 N–H and O–H groups in total. The van der Waals surface area contributed by atoms with Crippen molar-refractivity contribution in [2.45, 2.75) is 37.8 Å². The Morgan fingerprint density at radius 1 is 1.33 bits per heavy atom. The number of fused-ring (bicyclic) bond motifs is 1. The molecule has 18 heavy (non-hydrogen) atoms. The lowest BCUT2D eigenvalue weighted by Gasteiger charge is -2.28. The highest BCUT2D eigenvalue weighted by atomic mass is 35.5. The van der Waals surface area contributed by atoms with Gasteiger partial charge in [0.15, 0.2) is 0 Å². The SMILES string of the molecule is NC1CCCC(Nc2c(Cl)ccc3nsnc23)C1. The van der Waals surface area contributed by atoms with Crippen LogP contribution in [0.5, 0.6) is 0 Å². The van der Waals surface area contributed by atoms with Crippen molar-refractivity contribution in [3.8, 4) is 0 Å². The van der Waals surface area contributed by atoms with Crippen LogP contribution in [-0.4, -0.2) is 20.8 Å². The maximum absolute atomic E-state index is 6.26. The molecule has 0 radical (unpaired) electrons. The monoisotopic (exact) mass is 282 g/mol. The zero-order valence-electron chi connectivity index (χ0n) is 9.90. The number of nitrogens with two attached hydrogens (primary N) is 1.